The van der Waals surface area contributed by atoms with Gasteiger partial charge in [-0.3, -0.25) is 0 Å². The van der Waals surface area contributed by atoms with Gasteiger partial charge in [-0.15, -0.1) is 23.1 Å². The molecule has 0 N–H and O–H groups in total. The molecule has 0 aliphatic heterocycles. The van der Waals surface area contributed by atoms with Crippen LogP contribution in [0.4, 0.5) is 0 Å². The molecular weight excluding hydrogens is 172 g/mol. The van der Waals surface area contributed by atoms with Crippen molar-refractivity contribution in [2.45, 2.75) is 11.1 Å². The maximum atomic E-state index is 5.81. The quantitative estimate of drug-likeness (QED) is 0.594. The highest BCUT2D eigenvalue weighted by Gasteiger charge is 1.99. The second-order valence-corrected chi connectivity index (χ2v) is 4.49. The summed E-state index contributed by atoms with van der Waals surface area (Å²) >= 11 is 9.19. The molecular formula is C6H7ClS2. The second kappa shape index (κ2) is 2.95. The molecule has 1 heterocycles. The van der Waals surface area contributed by atoms with Crippen LogP contribution in [0.15, 0.2) is 10.3 Å². The minimum Gasteiger partial charge on any atom is -0.119 e. The molecule has 9 heavy (non-hydrogen) atoms. The van der Waals surface area contributed by atoms with E-state index in [2.05, 4.69) is 12.3 Å². The van der Waals surface area contributed by atoms with E-state index in [1.165, 1.54) is 9.77 Å². The Morgan fingerprint density at radius 1 is 1.67 bits per heavy atom. The Kier molecular flexibility index (Phi) is 2.44. The average Bonchev–Trinajstić information content (AvgIpc) is 2.13. The van der Waals surface area contributed by atoms with E-state index in [1.54, 1.807) is 23.1 Å². The average molecular weight is 179 g/mol. The first kappa shape index (κ1) is 7.45. The summed E-state index contributed by atoms with van der Waals surface area (Å²) in [6.07, 6.45) is 2.06. The summed E-state index contributed by atoms with van der Waals surface area (Å²) < 4.78 is 2.21. The molecule has 0 nitrogen and oxygen atoms in total. The van der Waals surface area contributed by atoms with E-state index in [0.717, 1.165) is 4.34 Å². The zero-order chi connectivity index (χ0) is 6.85. The second-order valence-electron chi connectivity index (χ2n) is 1.73. The smallest absolute Gasteiger partial charge is 0.0969 e. The molecule has 1 aromatic heterocycles. The van der Waals surface area contributed by atoms with Crippen molar-refractivity contribution in [1.29, 1.82) is 0 Å². The predicted molar refractivity (Wildman–Crippen MR) is 45.8 cm³/mol. The summed E-state index contributed by atoms with van der Waals surface area (Å²) in [6.45, 7) is 2.03. The Morgan fingerprint density at radius 3 is 2.56 bits per heavy atom. The van der Waals surface area contributed by atoms with Gasteiger partial charge >= 0.3 is 0 Å². The van der Waals surface area contributed by atoms with Gasteiger partial charge in [-0.2, -0.15) is 0 Å². The van der Waals surface area contributed by atoms with E-state index in [-0.39, 0.29) is 0 Å². The highest BCUT2D eigenvalue weighted by molar-refractivity contribution is 8.00. The van der Waals surface area contributed by atoms with Gasteiger partial charge in [0.25, 0.3) is 0 Å². The fourth-order valence-corrected chi connectivity index (χ4v) is 2.48. The molecule has 0 atom stereocenters. The predicted octanol–water partition coefficient (Wildman–Crippen LogP) is 3.43. The van der Waals surface area contributed by atoms with Crippen LogP contribution in [0.25, 0.3) is 0 Å². The number of thiophene rings is 1. The van der Waals surface area contributed by atoms with Gasteiger partial charge in [0, 0.05) is 0 Å². The monoisotopic (exact) mass is 178 g/mol. The standard InChI is InChI=1S/C6H7ClS2/c1-4-3-5(8-2)9-6(4)7/h3H,1-2H3. The van der Waals surface area contributed by atoms with Crippen molar-refractivity contribution < 1.29 is 0 Å². The Bertz CT molecular complexity index is 185. The maximum Gasteiger partial charge on any atom is 0.0969 e. The topological polar surface area (TPSA) is 0 Å². The molecule has 0 saturated carbocycles. The Morgan fingerprint density at radius 2 is 2.33 bits per heavy atom. The minimum atomic E-state index is 0.916. The molecule has 0 spiro atoms. The molecule has 0 aliphatic rings. The lowest BCUT2D eigenvalue weighted by Crippen LogP contribution is -1.56. The van der Waals surface area contributed by atoms with E-state index < -0.39 is 0 Å². The van der Waals surface area contributed by atoms with Gasteiger partial charge < -0.3 is 0 Å². The lowest BCUT2D eigenvalue weighted by Gasteiger charge is -1.79. The first-order chi connectivity index (χ1) is 4.24. The van der Waals surface area contributed by atoms with Gasteiger partial charge in [0.2, 0.25) is 0 Å². The third-order valence-corrected chi connectivity index (χ3v) is 3.66. The van der Waals surface area contributed by atoms with Crippen molar-refractivity contribution in [1.82, 2.24) is 0 Å². The van der Waals surface area contributed by atoms with Crippen molar-refractivity contribution >= 4 is 34.7 Å². The molecule has 0 aromatic carbocycles. The van der Waals surface area contributed by atoms with Gasteiger partial charge in [0.1, 0.15) is 0 Å². The number of hydrogen-bond acceptors (Lipinski definition) is 2. The highest BCUT2D eigenvalue weighted by Crippen LogP contribution is 2.32. The third kappa shape index (κ3) is 1.63. The maximum absolute atomic E-state index is 5.81. The van der Waals surface area contributed by atoms with Gasteiger partial charge in [0.05, 0.1) is 8.55 Å². The van der Waals surface area contributed by atoms with Crippen LogP contribution in [-0.4, -0.2) is 6.26 Å². The van der Waals surface area contributed by atoms with E-state index in [1.807, 2.05) is 6.92 Å². The summed E-state index contributed by atoms with van der Waals surface area (Å²) in [5.74, 6) is 0. The van der Waals surface area contributed by atoms with Crippen molar-refractivity contribution in [3.8, 4) is 0 Å². The van der Waals surface area contributed by atoms with Crippen molar-refractivity contribution in [2.75, 3.05) is 6.26 Å². The lowest BCUT2D eigenvalue weighted by molar-refractivity contribution is 1.51. The molecule has 1 rings (SSSR count). The number of rotatable bonds is 1. The largest absolute Gasteiger partial charge is 0.119 e. The van der Waals surface area contributed by atoms with Gasteiger partial charge in [-0.1, -0.05) is 11.6 Å². The van der Waals surface area contributed by atoms with Crippen LogP contribution in [0.1, 0.15) is 5.56 Å². The summed E-state index contributed by atoms with van der Waals surface area (Å²) in [5.41, 5.74) is 1.19. The van der Waals surface area contributed by atoms with Gasteiger partial charge in [0.15, 0.2) is 0 Å². The fourth-order valence-electron chi connectivity index (χ4n) is 0.532. The molecule has 1 aromatic rings. The van der Waals surface area contributed by atoms with Crippen molar-refractivity contribution in [3.63, 3.8) is 0 Å². The first-order valence-corrected chi connectivity index (χ1v) is 4.96. The van der Waals surface area contributed by atoms with Crippen LogP contribution in [-0.2, 0) is 0 Å². The molecule has 0 amide bonds. The molecule has 3 heteroatoms. The van der Waals surface area contributed by atoms with E-state index >= 15 is 0 Å². The molecule has 0 unspecified atom stereocenters. The lowest BCUT2D eigenvalue weighted by atomic mass is 10.4. The van der Waals surface area contributed by atoms with Crippen LogP contribution in [0.2, 0.25) is 4.34 Å². The van der Waals surface area contributed by atoms with Gasteiger partial charge in [-0.25, -0.2) is 0 Å². The fraction of sp³-hybridized carbons (Fsp3) is 0.333. The van der Waals surface area contributed by atoms with Crippen LogP contribution in [0.3, 0.4) is 0 Å². The zero-order valence-corrected chi connectivity index (χ0v) is 7.66. The van der Waals surface area contributed by atoms with Crippen LogP contribution in [0, 0.1) is 6.92 Å². The molecule has 0 bridgehead atoms. The highest BCUT2D eigenvalue weighted by atomic mass is 35.5. The number of thioether (sulfide) groups is 1. The van der Waals surface area contributed by atoms with E-state index in [0.29, 0.717) is 0 Å². The molecule has 0 aliphatic carbocycles. The number of aryl methyl sites for hydroxylation is 1. The van der Waals surface area contributed by atoms with Gasteiger partial charge in [-0.05, 0) is 24.8 Å². The van der Waals surface area contributed by atoms with E-state index in [9.17, 15) is 0 Å². The van der Waals surface area contributed by atoms with Crippen LogP contribution >= 0.6 is 34.7 Å². The van der Waals surface area contributed by atoms with Crippen LogP contribution < -0.4 is 0 Å². The molecule has 0 fully saturated rings. The summed E-state index contributed by atoms with van der Waals surface area (Å²) in [6, 6.07) is 2.11. The van der Waals surface area contributed by atoms with Crippen molar-refractivity contribution in [3.05, 3.63) is 16.0 Å². The number of hydrogen-bond donors (Lipinski definition) is 0. The molecule has 0 saturated heterocycles. The Balaban J connectivity index is 2.98. The normalized spacial score (nSPS) is 10.1. The van der Waals surface area contributed by atoms with E-state index in [4.69, 9.17) is 11.6 Å². The molecule has 0 radical (unpaired) electrons. The summed E-state index contributed by atoms with van der Waals surface area (Å²) in [4.78, 5) is 0. The zero-order valence-electron chi connectivity index (χ0n) is 5.27. The third-order valence-electron chi connectivity index (χ3n) is 1.04. The summed E-state index contributed by atoms with van der Waals surface area (Å²) in [5, 5.41) is 0. The SMILES string of the molecule is CSc1cc(C)c(Cl)s1. The number of halogens is 1. The summed E-state index contributed by atoms with van der Waals surface area (Å²) in [7, 11) is 0. The Labute approximate surface area is 68.2 Å². The first-order valence-electron chi connectivity index (χ1n) is 2.54. The van der Waals surface area contributed by atoms with Crippen molar-refractivity contribution in [2.24, 2.45) is 0 Å². The molecule has 50 valence electrons. The minimum absolute atomic E-state index is 0.916. The Hall–Kier alpha value is 0.340. The van der Waals surface area contributed by atoms with Crippen LogP contribution in [0.5, 0.6) is 0 Å².